The SMILES string of the molecule is CCCCCC/C=C\C/C=C\CCCCCCCC(=O)NC(COP(=O)(O)OCC[N+](C)(C)C)C(O)/C=C/CC/C=C/CC/C=C/CCCCCCCCCCCCCCCCC. The van der Waals surface area contributed by atoms with Gasteiger partial charge in [-0.2, -0.15) is 0 Å². The van der Waals surface area contributed by atoms with Crippen molar-refractivity contribution >= 4 is 13.7 Å². The number of carbonyl (C=O) groups excluding carboxylic acids is 1. The van der Waals surface area contributed by atoms with Crippen molar-refractivity contribution in [3.8, 4) is 0 Å². The van der Waals surface area contributed by atoms with E-state index in [4.69, 9.17) is 9.05 Å². The first-order valence-corrected chi connectivity index (χ1v) is 27.7. The molecule has 8 nitrogen and oxygen atoms in total. The largest absolute Gasteiger partial charge is 0.472 e. The number of unbranched alkanes of at least 4 members (excludes halogenated alkanes) is 26. The van der Waals surface area contributed by atoms with Gasteiger partial charge in [-0.3, -0.25) is 13.8 Å². The summed E-state index contributed by atoms with van der Waals surface area (Å²) in [6, 6.07) is -0.879. The molecule has 3 N–H and O–H groups in total. The van der Waals surface area contributed by atoms with Crippen LogP contribution in [0.5, 0.6) is 0 Å². The van der Waals surface area contributed by atoms with Crippen molar-refractivity contribution in [1.29, 1.82) is 0 Å². The number of rotatable bonds is 47. The number of nitrogens with zero attached hydrogens (tertiary/aromatic N) is 1. The van der Waals surface area contributed by atoms with Gasteiger partial charge in [-0.15, -0.1) is 0 Å². The van der Waals surface area contributed by atoms with Gasteiger partial charge in [0.05, 0.1) is 39.9 Å². The number of allylic oxidation sites excluding steroid dienone is 9. The third-order valence-electron chi connectivity index (χ3n) is 11.4. The maximum Gasteiger partial charge on any atom is 0.472 e. The highest BCUT2D eigenvalue weighted by atomic mass is 31.2. The lowest BCUT2D eigenvalue weighted by atomic mass is 10.0. The Morgan fingerprint density at radius 1 is 0.540 bits per heavy atom. The summed E-state index contributed by atoms with van der Waals surface area (Å²) in [6.07, 6.45) is 60.3. The van der Waals surface area contributed by atoms with Gasteiger partial charge in [0.15, 0.2) is 0 Å². The fourth-order valence-electron chi connectivity index (χ4n) is 7.28. The van der Waals surface area contributed by atoms with Crippen LogP contribution in [0.1, 0.15) is 226 Å². The summed E-state index contributed by atoms with van der Waals surface area (Å²) < 4.78 is 23.6. The molecule has 0 saturated heterocycles. The summed E-state index contributed by atoms with van der Waals surface area (Å²) in [5, 5.41) is 13.9. The Kier molecular flexibility index (Phi) is 44.1. The maximum absolute atomic E-state index is 12.9. The molecule has 0 radical (unpaired) electrons. The molecule has 0 spiro atoms. The molecule has 63 heavy (non-hydrogen) atoms. The average molecular weight is 906 g/mol. The number of carbonyl (C=O) groups is 1. The van der Waals surface area contributed by atoms with Crippen molar-refractivity contribution in [2.75, 3.05) is 40.9 Å². The van der Waals surface area contributed by atoms with E-state index >= 15 is 0 Å². The van der Waals surface area contributed by atoms with E-state index in [1.165, 1.54) is 135 Å². The van der Waals surface area contributed by atoms with Crippen LogP contribution in [0.25, 0.3) is 0 Å². The average Bonchev–Trinajstić information content (AvgIpc) is 3.24. The highest BCUT2D eigenvalue weighted by Crippen LogP contribution is 2.43. The molecule has 0 aliphatic carbocycles. The predicted molar refractivity (Wildman–Crippen MR) is 272 cm³/mol. The third kappa shape index (κ3) is 48.0. The van der Waals surface area contributed by atoms with E-state index in [9.17, 15) is 19.4 Å². The van der Waals surface area contributed by atoms with E-state index in [2.05, 4.69) is 67.8 Å². The van der Waals surface area contributed by atoms with E-state index in [-0.39, 0.29) is 19.1 Å². The second-order valence-corrected chi connectivity index (χ2v) is 20.3. The van der Waals surface area contributed by atoms with Crippen molar-refractivity contribution in [1.82, 2.24) is 5.32 Å². The first kappa shape index (κ1) is 61.2. The van der Waals surface area contributed by atoms with Crippen molar-refractivity contribution in [2.45, 2.75) is 238 Å². The van der Waals surface area contributed by atoms with Crippen LogP contribution in [-0.4, -0.2) is 73.4 Å². The van der Waals surface area contributed by atoms with Crippen LogP contribution in [0.4, 0.5) is 0 Å². The molecule has 0 fully saturated rings. The highest BCUT2D eigenvalue weighted by Gasteiger charge is 2.27. The van der Waals surface area contributed by atoms with Crippen LogP contribution in [-0.2, 0) is 18.4 Å². The van der Waals surface area contributed by atoms with Crippen LogP contribution >= 0.6 is 7.82 Å². The van der Waals surface area contributed by atoms with Crippen molar-refractivity contribution < 1.29 is 32.9 Å². The quantitative estimate of drug-likeness (QED) is 0.0243. The van der Waals surface area contributed by atoms with Crippen LogP contribution in [0.15, 0.2) is 60.8 Å². The summed E-state index contributed by atoms with van der Waals surface area (Å²) in [5.74, 6) is -0.206. The molecule has 0 aromatic carbocycles. The standard InChI is InChI=1S/C54H101N2O6P/c1-6-8-10-12-14-16-18-20-22-24-25-26-27-28-29-30-31-32-33-35-37-39-41-43-45-47-53(57)52(51-62-63(59,60)61-50-49-56(3,4)5)55-54(58)48-46-44-42-40-38-36-34-23-21-19-17-15-13-11-9-7-2/h17,19,23,31-32,34,37,39,45,47,52-53,57H,6-16,18,20-22,24-30,33,35-36,38,40-44,46,48-51H2,1-5H3,(H-,55,58,59,60)/p+1/b19-17-,32-31+,34-23-,39-37+,47-45+. The van der Waals surface area contributed by atoms with Crippen LogP contribution in [0, 0.1) is 0 Å². The normalized spacial score (nSPS) is 14.6. The minimum Gasteiger partial charge on any atom is -0.387 e. The van der Waals surface area contributed by atoms with Gasteiger partial charge in [0, 0.05) is 6.42 Å². The van der Waals surface area contributed by atoms with Crippen LogP contribution in [0.3, 0.4) is 0 Å². The Labute approximate surface area is 390 Å². The molecule has 1 amide bonds. The molecule has 0 aromatic heterocycles. The summed E-state index contributed by atoms with van der Waals surface area (Å²) in [7, 11) is 1.53. The molecule has 0 heterocycles. The molecular formula is C54H102N2O6P+. The van der Waals surface area contributed by atoms with Crippen molar-refractivity contribution in [2.24, 2.45) is 0 Å². The zero-order valence-corrected chi connectivity index (χ0v) is 42.7. The van der Waals surface area contributed by atoms with Gasteiger partial charge in [0.1, 0.15) is 13.2 Å². The second kappa shape index (κ2) is 45.4. The minimum absolute atomic E-state index is 0.0486. The van der Waals surface area contributed by atoms with Crippen LogP contribution in [0.2, 0.25) is 0 Å². The molecule has 0 aliphatic rings. The number of quaternary nitrogens is 1. The van der Waals surface area contributed by atoms with Crippen molar-refractivity contribution in [3.63, 3.8) is 0 Å². The summed E-state index contributed by atoms with van der Waals surface area (Å²) in [5.41, 5.74) is 0. The zero-order chi connectivity index (χ0) is 46.4. The van der Waals surface area contributed by atoms with Crippen molar-refractivity contribution in [3.05, 3.63) is 60.8 Å². The molecule has 0 saturated carbocycles. The summed E-state index contributed by atoms with van der Waals surface area (Å²) in [4.78, 5) is 23.2. The van der Waals surface area contributed by atoms with E-state index < -0.39 is 20.0 Å². The van der Waals surface area contributed by atoms with Gasteiger partial charge in [-0.25, -0.2) is 4.57 Å². The molecular weight excluding hydrogens is 804 g/mol. The van der Waals surface area contributed by atoms with Gasteiger partial charge in [0.2, 0.25) is 5.91 Å². The number of phosphoric acid groups is 1. The lowest BCUT2D eigenvalue weighted by Crippen LogP contribution is -2.45. The van der Waals surface area contributed by atoms with Gasteiger partial charge < -0.3 is 19.8 Å². The molecule has 0 rings (SSSR count). The highest BCUT2D eigenvalue weighted by molar-refractivity contribution is 7.47. The van der Waals surface area contributed by atoms with Crippen LogP contribution < -0.4 is 5.32 Å². The lowest BCUT2D eigenvalue weighted by Gasteiger charge is -2.25. The molecule has 9 heteroatoms. The minimum atomic E-state index is -4.36. The first-order chi connectivity index (χ1) is 30.5. The number of hydrogen-bond donors (Lipinski definition) is 3. The number of aliphatic hydroxyl groups is 1. The first-order valence-electron chi connectivity index (χ1n) is 26.2. The van der Waals surface area contributed by atoms with Gasteiger partial charge >= 0.3 is 7.82 Å². The fraction of sp³-hybridized carbons (Fsp3) is 0.796. The zero-order valence-electron chi connectivity index (χ0n) is 41.8. The number of likely N-dealkylation sites (N-methyl/N-ethyl adjacent to an activating group) is 1. The Hall–Kier alpha value is -1.80. The number of aliphatic hydroxyl groups excluding tert-OH is 1. The molecule has 3 atom stereocenters. The maximum atomic E-state index is 12.9. The monoisotopic (exact) mass is 906 g/mol. The third-order valence-corrected chi connectivity index (χ3v) is 12.4. The van der Waals surface area contributed by atoms with Gasteiger partial charge in [-0.1, -0.05) is 203 Å². The number of hydrogen-bond acceptors (Lipinski definition) is 5. The Balaban J connectivity index is 4.38. The summed E-state index contributed by atoms with van der Waals surface area (Å²) in [6.45, 7) is 4.76. The lowest BCUT2D eigenvalue weighted by molar-refractivity contribution is -0.870. The van der Waals surface area contributed by atoms with E-state index in [1.807, 2.05) is 27.2 Å². The van der Waals surface area contributed by atoms with E-state index in [0.717, 1.165) is 70.6 Å². The summed E-state index contributed by atoms with van der Waals surface area (Å²) >= 11 is 0. The molecule has 0 aromatic rings. The molecule has 0 bridgehead atoms. The molecule has 0 aliphatic heterocycles. The topological polar surface area (TPSA) is 105 Å². The predicted octanol–water partition coefficient (Wildman–Crippen LogP) is 15.4. The number of amides is 1. The van der Waals surface area contributed by atoms with E-state index in [1.54, 1.807) is 6.08 Å². The van der Waals surface area contributed by atoms with Gasteiger partial charge in [0.25, 0.3) is 0 Å². The number of phosphoric ester groups is 1. The Morgan fingerprint density at radius 3 is 1.38 bits per heavy atom. The molecule has 368 valence electrons. The van der Waals surface area contributed by atoms with Gasteiger partial charge in [-0.05, 0) is 77.0 Å². The fourth-order valence-corrected chi connectivity index (χ4v) is 8.02. The smallest absolute Gasteiger partial charge is 0.387 e. The Morgan fingerprint density at radius 2 is 0.921 bits per heavy atom. The second-order valence-electron chi connectivity index (χ2n) is 18.9. The Bertz CT molecular complexity index is 1210. The molecule has 3 unspecified atom stereocenters. The van der Waals surface area contributed by atoms with E-state index in [0.29, 0.717) is 17.4 Å². The number of nitrogens with one attached hydrogen (secondary N) is 1.